The van der Waals surface area contributed by atoms with E-state index in [2.05, 4.69) is 17.4 Å². The second-order valence-electron chi connectivity index (χ2n) is 9.84. The lowest BCUT2D eigenvalue weighted by Crippen LogP contribution is -2.43. The van der Waals surface area contributed by atoms with Crippen LogP contribution in [0.25, 0.3) is 22.0 Å². The number of aliphatic carboxylic acids is 1. The van der Waals surface area contributed by atoms with Crippen LogP contribution in [0.1, 0.15) is 22.6 Å². The molecule has 0 bridgehead atoms. The number of nitrogens with one attached hydrogen (secondary N) is 1. The molecule has 40 heavy (non-hydrogen) atoms. The number of fused-ring (bicyclic) bond motifs is 4. The molecule has 7 nitrogen and oxygen atoms in total. The molecular formula is C33H28N2O5. The van der Waals surface area contributed by atoms with E-state index in [9.17, 15) is 14.7 Å². The van der Waals surface area contributed by atoms with E-state index < -0.39 is 18.1 Å². The van der Waals surface area contributed by atoms with E-state index in [1.165, 1.54) is 0 Å². The van der Waals surface area contributed by atoms with Crippen molar-refractivity contribution in [2.24, 2.45) is 7.05 Å². The first-order chi connectivity index (χ1) is 19.5. The number of carboxylic acid groups (broad SMARTS) is 1. The smallest absolute Gasteiger partial charge is 0.407 e. The molecule has 1 unspecified atom stereocenters. The molecule has 1 atom stereocenters. The SMILES string of the molecule is Cn1c(Oc2ccccc2)c(CC(NC(=O)OCC2c3ccccc3-c3ccccc32)C(=O)O)c2ccccc21. The maximum absolute atomic E-state index is 12.9. The average Bonchev–Trinajstić information content (AvgIpc) is 3.44. The minimum Gasteiger partial charge on any atom is -0.480 e. The molecule has 0 saturated carbocycles. The Morgan fingerprint density at radius 2 is 1.45 bits per heavy atom. The second kappa shape index (κ2) is 10.6. The van der Waals surface area contributed by atoms with Crippen molar-refractivity contribution in [3.8, 4) is 22.8 Å². The van der Waals surface area contributed by atoms with Gasteiger partial charge in [0.1, 0.15) is 18.4 Å². The maximum Gasteiger partial charge on any atom is 0.407 e. The Bertz CT molecular complexity index is 1660. The fourth-order valence-corrected chi connectivity index (χ4v) is 5.56. The molecule has 0 fully saturated rings. The van der Waals surface area contributed by atoms with Crippen LogP contribution in [0.3, 0.4) is 0 Å². The van der Waals surface area contributed by atoms with Gasteiger partial charge in [-0.3, -0.25) is 0 Å². The Balaban J connectivity index is 1.22. The van der Waals surface area contributed by atoms with E-state index in [0.717, 1.165) is 33.2 Å². The molecule has 200 valence electrons. The van der Waals surface area contributed by atoms with Gasteiger partial charge in [-0.1, -0.05) is 84.9 Å². The van der Waals surface area contributed by atoms with Crippen molar-refractivity contribution in [3.63, 3.8) is 0 Å². The van der Waals surface area contributed by atoms with Crippen LogP contribution >= 0.6 is 0 Å². The first-order valence-electron chi connectivity index (χ1n) is 13.1. The zero-order valence-corrected chi connectivity index (χ0v) is 21.9. The number of carboxylic acids is 1. The highest BCUT2D eigenvalue weighted by Crippen LogP contribution is 2.44. The molecule has 2 N–H and O–H groups in total. The Kier molecular flexibility index (Phi) is 6.70. The third-order valence-corrected chi connectivity index (χ3v) is 7.45. The van der Waals surface area contributed by atoms with Crippen molar-refractivity contribution in [1.82, 2.24) is 9.88 Å². The number of para-hydroxylation sites is 2. The van der Waals surface area contributed by atoms with Crippen LogP contribution in [-0.4, -0.2) is 34.4 Å². The van der Waals surface area contributed by atoms with Crippen LogP contribution < -0.4 is 10.1 Å². The molecule has 1 aliphatic carbocycles. The Hall–Kier alpha value is -5.04. The zero-order valence-electron chi connectivity index (χ0n) is 21.9. The summed E-state index contributed by atoms with van der Waals surface area (Å²) in [6, 6.07) is 31.9. The number of amides is 1. The van der Waals surface area contributed by atoms with E-state index in [0.29, 0.717) is 17.2 Å². The number of carbonyl (C=O) groups excluding carboxylic acids is 1. The molecule has 5 aromatic rings. The topological polar surface area (TPSA) is 89.8 Å². The van der Waals surface area contributed by atoms with Gasteiger partial charge in [0.25, 0.3) is 0 Å². The number of aryl methyl sites for hydroxylation is 1. The normalized spacial score (nSPS) is 12.9. The van der Waals surface area contributed by atoms with Gasteiger partial charge < -0.3 is 24.5 Å². The van der Waals surface area contributed by atoms with Crippen molar-refractivity contribution >= 4 is 23.0 Å². The average molecular weight is 533 g/mol. The minimum atomic E-state index is -1.22. The summed E-state index contributed by atoms with van der Waals surface area (Å²) < 4.78 is 13.7. The van der Waals surface area contributed by atoms with Crippen LogP contribution in [0.15, 0.2) is 103 Å². The van der Waals surface area contributed by atoms with Crippen molar-refractivity contribution in [2.45, 2.75) is 18.4 Å². The first-order valence-corrected chi connectivity index (χ1v) is 13.1. The van der Waals surface area contributed by atoms with Crippen molar-refractivity contribution in [1.29, 1.82) is 0 Å². The molecule has 1 heterocycles. The van der Waals surface area contributed by atoms with Crippen LogP contribution in [0, 0.1) is 0 Å². The van der Waals surface area contributed by atoms with Crippen molar-refractivity contribution in [3.05, 3.63) is 120 Å². The molecule has 4 aromatic carbocycles. The molecule has 7 heteroatoms. The summed E-state index contributed by atoms with van der Waals surface area (Å²) >= 11 is 0. The maximum atomic E-state index is 12.9. The van der Waals surface area contributed by atoms with Gasteiger partial charge in [0.05, 0.1) is 5.52 Å². The van der Waals surface area contributed by atoms with Gasteiger partial charge in [0.15, 0.2) is 0 Å². The van der Waals surface area contributed by atoms with E-state index in [1.54, 1.807) is 0 Å². The third-order valence-electron chi connectivity index (χ3n) is 7.45. The summed E-state index contributed by atoms with van der Waals surface area (Å²) in [4.78, 5) is 25.3. The number of rotatable bonds is 8. The monoisotopic (exact) mass is 532 g/mol. The number of alkyl carbamates (subject to hydrolysis) is 1. The van der Waals surface area contributed by atoms with Gasteiger partial charge >= 0.3 is 12.1 Å². The molecule has 6 rings (SSSR count). The number of nitrogens with zero attached hydrogens (tertiary/aromatic N) is 1. The Morgan fingerprint density at radius 1 is 0.850 bits per heavy atom. The van der Waals surface area contributed by atoms with Crippen LogP contribution in [0.2, 0.25) is 0 Å². The summed E-state index contributed by atoms with van der Waals surface area (Å²) in [7, 11) is 1.87. The summed E-state index contributed by atoms with van der Waals surface area (Å²) in [6.07, 6.45) is -0.761. The number of carbonyl (C=O) groups is 2. The van der Waals surface area contributed by atoms with Crippen LogP contribution in [-0.2, 0) is 23.0 Å². The number of ether oxygens (including phenoxy) is 2. The number of hydrogen-bond acceptors (Lipinski definition) is 4. The molecule has 0 spiro atoms. The number of benzene rings is 4. The lowest BCUT2D eigenvalue weighted by molar-refractivity contribution is -0.139. The Labute approximate surface area is 231 Å². The van der Waals surface area contributed by atoms with Gasteiger partial charge in [-0.2, -0.15) is 0 Å². The lowest BCUT2D eigenvalue weighted by Gasteiger charge is -2.18. The quantitative estimate of drug-likeness (QED) is 0.238. The molecule has 1 amide bonds. The summed E-state index contributed by atoms with van der Waals surface area (Å²) in [5, 5.41) is 13.5. The second-order valence-corrected chi connectivity index (χ2v) is 9.84. The van der Waals surface area contributed by atoms with E-state index >= 15 is 0 Å². The first kappa shape index (κ1) is 25.2. The Morgan fingerprint density at radius 3 is 2.12 bits per heavy atom. The van der Waals surface area contributed by atoms with Gasteiger partial charge in [0.2, 0.25) is 5.88 Å². The fourth-order valence-electron chi connectivity index (χ4n) is 5.56. The molecular weight excluding hydrogens is 504 g/mol. The molecule has 0 aliphatic heterocycles. The fraction of sp³-hybridized carbons (Fsp3) is 0.152. The van der Waals surface area contributed by atoms with Crippen molar-refractivity contribution < 1.29 is 24.2 Å². The van der Waals surface area contributed by atoms with E-state index in [1.807, 2.05) is 103 Å². The molecule has 1 aromatic heterocycles. The minimum absolute atomic E-state index is 0.0169. The largest absolute Gasteiger partial charge is 0.480 e. The highest BCUT2D eigenvalue weighted by Gasteiger charge is 2.31. The van der Waals surface area contributed by atoms with Gasteiger partial charge in [-0.25, -0.2) is 9.59 Å². The standard InChI is InChI=1S/C33H28N2O5/c1-35-30-18-10-9-17-26(30)27(31(35)40-21-11-3-2-4-12-21)19-29(32(36)37)34-33(38)39-20-28-24-15-7-5-13-22(24)23-14-6-8-16-25(23)28/h2-18,28-29H,19-20H2,1H3,(H,34,38)(H,36,37). The predicted molar refractivity (Wildman–Crippen MR) is 153 cm³/mol. The van der Waals surface area contributed by atoms with E-state index in [4.69, 9.17) is 9.47 Å². The molecule has 1 aliphatic rings. The number of aromatic nitrogens is 1. The van der Waals surface area contributed by atoms with Crippen molar-refractivity contribution in [2.75, 3.05) is 6.61 Å². The van der Waals surface area contributed by atoms with Crippen LogP contribution in [0.5, 0.6) is 11.6 Å². The molecule has 0 saturated heterocycles. The zero-order chi connectivity index (χ0) is 27.6. The van der Waals surface area contributed by atoms with Crippen LogP contribution in [0.4, 0.5) is 4.79 Å². The number of hydrogen-bond donors (Lipinski definition) is 2. The molecule has 0 radical (unpaired) electrons. The van der Waals surface area contributed by atoms with E-state index in [-0.39, 0.29) is 18.9 Å². The highest BCUT2D eigenvalue weighted by molar-refractivity contribution is 5.89. The summed E-state index contributed by atoms with van der Waals surface area (Å²) in [5.74, 6) is -0.128. The van der Waals surface area contributed by atoms with Gasteiger partial charge in [-0.15, -0.1) is 0 Å². The third kappa shape index (κ3) is 4.66. The van der Waals surface area contributed by atoms with Gasteiger partial charge in [-0.05, 0) is 40.5 Å². The highest BCUT2D eigenvalue weighted by atomic mass is 16.5. The summed E-state index contributed by atoms with van der Waals surface area (Å²) in [5.41, 5.74) is 6.01. The lowest BCUT2D eigenvalue weighted by atomic mass is 9.98. The predicted octanol–water partition coefficient (Wildman–Crippen LogP) is 6.51. The van der Waals surface area contributed by atoms with Gasteiger partial charge in [0, 0.05) is 30.3 Å². The summed E-state index contributed by atoms with van der Waals surface area (Å²) in [6.45, 7) is 0.100.